The second-order valence-corrected chi connectivity index (χ2v) is 7.89. The molecule has 10 heteroatoms. The van der Waals surface area contributed by atoms with E-state index in [1.54, 1.807) is 24.3 Å². The highest BCUT2D eigenvalue weighted by molar-refractivity contribution is 5.98. The molecular formula is C21H28N8O2. The first-order chi connectivity index (χ1) is 14.9. The molecule has 6 N–H and O–H groups in total. The van der Waals surface area contributed by atoms with Crippen LogP contribution >= 0.6 is 0 Å². The van der Waals surface area contributed by atoms with Crippen molar-refractivity contribution in [2.75, 3.05) is 23.7 Å². The molecule has 1 heterocycles. The summed E-state index contributed by atoms with van der Waals surface area (Å²) < 4.78 is 0. The number of anilines is 3. The Labute approximate surface area is 180 Å². The number of nitrogens with one attached hydrogen (secondary N) is 3. The summed E-state index contributed by atoms with van der Waals surface area (Å²) in [5.74, 6) is -0.0354. The van der Waals surface area contributed by atoms with Crippen LogP contribution in [0, 0.1) is 10.8 Å². The molecule has 0 saturated heterocycles. The van der Waals surface area contributed by atoms with E-state index < -0.39 is 5.91 Å². The lowest BCUT2D eigenvalue weighted by Gasteiger charge is -2.38. The number of amides is 1. The fraction of sp³-hybridized carbons (Fsp3) is 0.429. The summed E-state index contributed by atoms with van der Waals surface area (Å²) in [6.45, 7) is 2.78. The maximum atomic E-state index is 11.9. The van der Waals surface area contributed by atoms with Crippen LogP contribution in [0.3, 0.4) is 0 Å². The average Bonchev–Trinajstić information content (AvgIpc) is 2.75. The Bertz CT molecular complexity index is 964. The van der Waals surface area contributed by atoms with Gasteiger partial charge in [0.25, 0.3) is 5.91 Å². The number of rotatable bonds is 9. The van der Waals surface area contributed by atoms with E-state index in [0.29, 0.717) is 23.9 Å². The summed E-state index contributed by atoms with van der Waals surface area (Å²) >= 11 is 0. The number of nitrogens with two attached hydrogens (primary N) is 1. The van der Waals surface area contributed by atoms with Gasteiger partial charge in [-0.2, -0.15) is 15.2 Å². The first-order valence-corrected chi connectivity index (χ1v) is 10.2. The number of carbonyl (C=O) groups excluding carboxylic acids is 1. The molecule has 0 aliphatic heterocycles. The topological polar surface area (TPSA) is 162 Å². The van der Waals surface area contributed by atoms with E-state index in [0.717, 1.165) is 31.9 Å². The largest absolute Gasteiger partial charge is 0.392 e. The van der Waals surface area contributed by atoms with Gasteiger partial charge in [0.2, 0.25) is 5.95 Å². The van der Waals surface area contributed by atoms with Gasteiger partial charge in [0, 0.05) is 30.1 Å². The highest BCUT2D eigenvalue weighted by atomic mass is 16.3. The zero-order valence-corrected chi connectivity index (χ0v) is 17.5. The van der Waals surface area contributed by atoms with Crippen LogP contribution in [0.1, 0.15) is 43.0 Å². The Morgan fingerprint density at radius 1 is 1.45 bits per heavy atom. The van der Waals surface area contributed by atoms with E-state index in [9.17, 15) is 9.90 Å². The molecule has 0 spiro atoms. The minimum atomic E-state index is -0.648. The van der Waals surface area contributed by atoms with Gasteiger partial charge >= 0.3 is 0 Å². The summed E-state index contributed by atoms with van der Waals surface area (Å²) in [6, 6.07) is 7.11. The maximum absolute atomic E-state index is 11.9. The lowest BCUT2D eigenvalue weighted by atomic mass is 9.73. The van der Waals surface area contributed by atoms with Gasteiger partial charge in [0.05, 0.1) is 18.3 Å². The molecule has 1 aromatic carbocycles. The van der Waals surface area contributed by atoms with Gasteiger partial charge in [-0.15, -0.1) is 0 Å². The smallest absolute Gasteiger partial charge is 0.254 e. The lowest BCUT2D eigenvalue weighted by Crippen LogP contribution is -2.41. The predicted molar refractivity (Wildman–Crippen MR) is 120 cm³/mol. The molecule has 2 unspecified atom stereocenters. The first kappa shape index (κ1) is 22.3. The van der Waals surface area contributed by atoms with Gasteiger partial charge in [-0.05, 0) is 31.0 Å². The van der Waals surface area contributed by atoms with Crippen molar-refractivity contribution in [3.05, 3.63) is 36.0 Å². The molecule has 2 aromatic rings. The van der Waals surface area contributed by atoms with E-state index in [4.69, 9.17) is 11.1 Å². The van der Waals surface area contributed by atoms with E-state index in [2.05, 4.69) is 37.8 Å². The molecular weight excluding hydrogens is 396 g/mol. The summed E-state index contributed by atoms with van der Waals surface area (Å²) in [5, 5.41) is 31.6. The number of hydrogen-bond donors (Lipinski definition) is 5. The quantitative estimate of drug-likeness (QED) is 0.306. The van der Waals surface area contributed by atoms with Crippen LogP contribution in [0.25, 0.3) is 0 Å². The minimum Gasteiger partial charge on any atom is -0.392 e. The number of hydrogen-bond acceptors (Lipinski definition) is 9. The van der Waals surface area contributed by atoms with E-state index in [1.807, 2.05) is 0 Å². The van der Waals surface area contributed by atoms with Gasteiger partial charge in [0.15, 0.2) is 0 Å². The van der Waals surface area contributed by atoms with Gasteiger partial charge in [0.1, 0.15) is 11.4 Å². The molecule has 1 amide bonds. The van der Waals surface area contributed by atoms with E-state index >= 15 is 0 Å². The van der Waals surface area contributed by atoms with Crippen molar-refractivity contribution < 1.29 is 9.90 Å². The third kappa shape index (κ3) is 5.82. The molecule has 10 nitrogen and oxygen atoms in total. The van der Waals surface area contributed by atoms with E-state index in [1.165, 1.54) is 6.20 Å². The molecule has 1 aliphatic rings. The third-order valence-corrected chi connectivity index (χ3v) is 5.45. The van der Waals surface area contributed by atoms with Crippen LogP contribution < -0.4 is 16.4 Å². The number of azo groups is 1. The molecule has 0 radical (unpaired) electrons. The van der Waals surface area contributed by atoms with Crippen LogP contribution in [0.15, 0.2) is 40.7 Å². The van der Waals surface area contributed by atoms with Gasteiger partial charge < -0.3 is 26.9 Å². The molecule has 1 saturated carbocycles. The van der Waals surface area contributed by atoms with Crippen LogP contribution in [0.5, 0.6) is 0 Å². The fourth-order valence-electron chi connectivity index (χ4n) is 3.56. The van der Waals surface area contributed by atoms with Gasteiger partial charge in [-0.1, -0.05) is 25.8 Å². The SMILES string of the molecule is CC1(CNc2ncc(C(N)=O)c(Nc3cccc(N=NCC=N)c3)n2)CCCCC1O. The van der Waals surface area contributed by atoms with Crippen LogP contribution in [0.2, 0.25) is 0 Å². The number of primary amides is 1. The number of carbonyl (C=O) groups is 1. The maximum Gasteiger partial charge on any atom is 0.254 e. The van der Waals surface area contributed by atoms with Crippen molar-refractivity contribution in [1.29, 1.82) is 5.41 Å². The number of aliphatic hydroxyl groups is 1. The highest BCUT2D eigenvalue weighted by Gasteiger charge is 2.35. The molecule has 1 fully saturated rings. The Morgan fingerprint density at radius 2 is 2.29 bits per heavy atom. The number of nitrogens with zero attached hydrogens (tertiary/aromatic N) is 4. The van der Waals surface area contributed by atoms with Gasteiger partial charge in [-0.25, -0.2) is 4.98 Å². The number of aliphatic hydroxyl groups excluding tert-OH is 1. The van der Waals surface area contributed by atoms with Crippen molar-refractivity contribution in [2.24, 2.45) is 21.4 Å². The third-order valence-electron chi connectivity index (χ3n) is 5.45. The van der Waals surface area contributed by atoms with Gasteiger partial charge in [-0.3, -0.25) is 4.79 Å². The zero-order chi connectivity index (χ0) is 22.3. The average molecular weight is 425 g/mol. The first-order valence-electron chi connectivity index (χ1n) is 10.2. The Hall–Kier alpha value is -3.40. The molecule has 3 rings (SSSR count). The fourth-order valence-corrected chi connectivity index (χ4v) is 3.56. The summed E-state index contributed by atoms with van der Waals surface area (Å²) in [6.07, 6.45) is 6.00. The monoisotopic (exact) mass is 424 g/mol. The lowest BCUT2D eigenvalue weighted by molar-refractivity contribution is 0.00954. The molecule has 1 aliphatic carbocycles. The highest BCUT2D eigenvalue weighted by Crippen LogP contribution is 2.36. The molecule has 31 heavy (non-hydrogen) atoms. The molecule has 1 aromatic heterocycles. The summed E-state index contributed by atoms with van der Waals surface area (Å²) in [4.78, 5) is 20.5. The second-order valence-electron chi connectivity index (χ2n) is 7.89. The Balaban J connectivity index is 1.78. The molecule has 2 atom stereocenters. The Kier molecular flexibility index (Phi) is 7.24. The summed E-state index contributed by atoms with van der Waals surface area (Å²) in [5.41, 5.74) is 6.64. The standard InChI is InChI=1S/C21H28N8O2/c1-21(8-3-2-7-17(21)30)13-25-20-24-12-16(18(23)31)19(28-20)27-14-5-4-6-15(11-14)29-26-10-9-22/h4-6,9,11-12,17,22,30H,2-3,7-8,10,13H2,1H3,(H2,23,31)(H2,24,25,27,28). The normalized spacial score (nSPS) is 21.0. The molecule has 164 valence electrons. The second kappa shape index (κ2) is 10.1. The number of aromatic nitrogens is 2. The predicted octanol–water partition coefficient (Wildman–Crippen LogP) is 3.41. The minimum absolute atomic E-state index is 0.158. The van der Waals surface area contributed by atoms with Crippen LogP contribution in [-0.4, -0.2) is 46.4 Å². The van der Waals surface area contributed by atoms with Crippen molar-refractivity contribution in [3.8, 4) is 0 Å². The Morgan fingerprint density at radius 3 is 3.03 bits per heavy atom. The van der Waals surface area contributed by atoms with Crippen molar-refractivity contribution in [1.82, 2.24) is 9.97 Å². The van der Waals surface area contributed by atoms with Crippen LogP contribution in [0.4, 0.5) is 23.1 Å². The van der Waals surface area contributed by atoms with Crippen molar-refractivity contribution >= 4 is 35.3 Å². The zero-order valence-electron chi connectivity index (χ0n) is 17.5. The van der Waals surface area contributed by atoms with Crippen molar-refractivity contribution in [2.45, 2.75) is 38.7 Å². The summed E-state index contributed by atoms with van der Waals surface area (Å²) in [7, 11) is 0. The molecule has 0 bridgehead atoms. The van der Waals surface area contributed by atoms with Crippen LogP contribution in [-0.2, 0) is 0 Å². The van der Waals surface area contributed by atoms with E-state index in [-0.39, 0.29) is 29.4 Å². The van der Waals surface area contributed by atoms with Crippen molar-refractivity contribution in [3.63, 3.8) is 0 Å². The number of benzene rings is 1.